The zero-order chi connectivity index (χ0) is 13.1. The second-order valence-corrected chi connectivity index (χ2v) is 5.42. The van der Waals surface area contributed by atoms with Gasteiger partial charge in [-0.1, -0.05) is 17.7 Å². The standard InChI is InChI=1S/C14H21ClN2O/c1-9-3-5-11(7-12(9)15)17-13(8-16)14-6-4-10(2)18-14/h3,5,7,10,13-14,17H,4,6,8,16H2,1-2H3. The summed E-state index contributed by atoms with van der Waals surface area (Å²) in [6, 6.07) is 6.13. The minimum Gasteiger partial charge on any atom is -0.378 e. The summed E-state index contributed by atoms with van der Waals surface area (Å²) in [6.07, 6.45) is 2.71. The normalized spacial score (nSPS) is 25.1. The maximum absolute atomic E-state index is 6.12. The molecular weight excluding hydrogens is 248 g/mol. The molecule has 0 aliphatic carbocycles. The van der Waals surface area contributed by atoms with Crippen molar-refractivity contribution in [2.75, 3.05) is 11.9 Å². The highest BCUT2D eigenvalue weighted by molar-refractivity contribution is 6.31. The zero-order valence-electron chi connectivity index (χ0n) is 10.9. The van der Waals surface area contributed by atoms with E-state index in [2.05, 4.69) is 12.2 Å². The van der Waals surface area contributed by atoms with E-state index in [1.165, 1.54) is 0 Å². The molecule has 100 valence electrons. The van der Waals surface area contributed by atoms with Crippen LogP contribution in [-0.2, 0) is 4.74 Å². The maximum atomic E-state index is 6.12. The highest BCUT2D eigenvalue weighted by atomic mass is 35.5. The molecule has 0 saturated carbocycles. The molecular formula is C14H21ClN2O. The second-order valence-electron chi connectivity index (χ2n) is 5.01. The van der Waals surface area contributed by atoms with Crippen molar-refractivity contribution in [2.45, 2.75) is 44.9 Å². The molecule has 0 amide bonds. The molecule has 0 radical (unpaired) electrons. The van der Waals surface area contributed by atoms with Crippen LogP contribution in [-0.4, -0.2) is 24.8 Å². The summed E-state index contributed by atoms with van der Waals surface area (Å²) in [6.45, 7) is 4.66. The number of nitrogens with one attached hydrogen (secondary N) is 1. The van der Waals surface area contributed by atoms with E-state index in [-0.39, 0.29) is 12.1 Å². The van der Waals surface area contributed by atoms with Crippen molar-refractivity contribution in [1.82, 2.24) is 0 Å². The number of rotatable bonds is 4. The van der Waals surface area contributed by atoms with Crippen LogP contribution in [0.4, 0.5) is 5.69 Å². The molecule has 1 aliphatic heterocycles. The first-order valence-electron chi connectivity index (χ1n) is 6.48. The average molecular weight is 269 g/mol. The van der Waals surface area contributed by atoms with Crippen molar-refractivity contribution in [3.63, 3.8) is 0 Å². The molecule has 18 heavy (non-hydrogen) atoms. The van der Waals surface area contributed by atoms with Crippen LogP contribution < -0.4 is 11.1 Å². The van der Waals surface area contributed by atoms with E-state index < -0.39 is 0 Å². The number of hydrogen-bond donors (Lipinski definition) is 2. The van der Waals surface area contributed by atoms with Gasteiger partial charge in [0.1, 0.15) is 0 Å². The molecule has 0 aromatic heterocycles. The molecule has 2 rings (SSSR count). The fraction of sp³-hybridized carbons (Fsp3) is 0.571. The Morgan fingerprint density at radius 2 is 2.28 bits per heavy atom. The lowest BCUT2D eigenvalue weighted by molar-refractivity contribution is 0.0460. The molecule has 1 saturated heterocycles. The molecule has 1 fully saturated rings. The quantitative estimate of drug-likeness (QED) is 0.883. The third kappa shape index (κ3) is 3.16. The van der Waals surface area contributed by atoms with Crippen molar-refractivity contribution in [3.05, 3.63) is 28.8 Å². The smallest absolute Gasteiger partial charge is 0.0792 e. The van der Waals surface area contributed by atoms with Crippen molar-refractivity contribution in [2.24, 2.45) is 5.73 Å². The lowest BCUT2D eigenvalue weighted by atomic mass is 10.1. The Hall–Kier alpha value is -0.770. The Morgan fingerprint density at radius 1 is 1.50 bits per heavy atom. The van der Waals surface area contributed by atoms with Crippen molar-refractivity contribution < 1.29 is 4.74 Å². The number of aryl methyl sites for hydroxylation is 1. The lowest BCUT2D eigenvalue weighted by Crippen LogP contribution is -2.40. The first-order chi connectivity index (χ1) is 8.60. The van der Waals surface area contributed by atoms with E-state index in [1.807, 2.05) is 25.1 Å². The van der Waals surface area contributed by atoms with E-state index in [4.69, 9.17) is 22.1 Å². The molecule has 4 heteroatoms. The van der Waals surface area contributed by atoms with Crippen molar-refractivity contribution in [3.8, 4) is 0 Å². The van der Waals surface area contributed by atoms with E-state index in [0.29, 0.717) is 12.6 Å². The van der Waals surface area contributed by atoms with Gasteiger partial charge >= 0.3 is 0 Å². The largest absolute Gasteiger partial charge is 0.378 e. The SMILES string of the molecule is Cc1ccc(NC(CN)C2CCC(C)O2)cc1Cl. The van der Waals surface area contributed by atoms with E-state index in [9.17, 15) is 0 Å². The van der Waals surface area contributed by atoms with Gasteiger partial charge in [-0.25, -0.2) is 0 Å². The Balaban J connectivity index is 2.03. The van der Waals surface area contributed by atoms with Gasteiger partial charge in [0.2, 0.25) is 0 Å². The number of benzene rings is 1. The number of hydrogen-bond acceptors (Lipinski definition) is 3. The predicted molar refractivity (Wildman–Crippen MR) is 76.2 cm³/mol. The number of nitrogens with two attached hydrogens (primary N) is 1. The lowest BCUT2D eigenvalue weighted by Gasteiger charge is -2.24. The molecule has 0 spiro atoms. The maximum Gasteiger partial charge on any atom is 0.0792 e. The van der Waals surface area contributed by atoms with Gasteiger partial charge in [-0.15, -0.1) is 0 Å². The van der Waals surface area contributed by atoms with E-state index >= 15 is 0 Å². The highest BCUT2D eigenvalue weighted by Crippen LogP contribution is 2.25. The summed E-state index contributed by atoms with van der Waals surface area (Å²) in [4.78, 5) is 0. The Bertz CT molecular complexity index is 411. The number of halogens is 1. The van der Waals surface area contributed by atoms with Gasteiger partial charge in [-0.05, 0) is 44.4 Å². The topological polar surface area (TPSA) is 47.3 Å². The van der Waals surface area contributed by atoms with Crippen LogP contribution in [0.1, 0.15) is 25.3 Å². The number of ether oxygens (including phenoxy) is 1. The van der Waals surface area contributed by atoms with Gasteiger partial charge in [-0.3, -0.25) is 0 Å². The summed E-state index contributed by atoms with van der Waals surface area (Å²) in [5.74, 6) is 0. The molecule has 1 aromatic rings. The van der Waals surface area contributed by atoms with Crippen LogP contribution in [0.15, 0.2) is 18.2 Å². The van der Waals surface area contributed by atoms with Crippen LogP contribution in [0.5, 0.6) is 0 Å². The Morgan fingerprint density at radius 3 is 2.83 bits per heavy atom. The van der Waals surface area contributed by atoms with Crippen LogP contribution in [0, 0.1) is 6.92 Å². The predicted octanol–water partition coefficient (Wildman–Crippen LogP) is 2.96. The fourth-order valence-electron chi connectivity index (χ4n) is 2.33. The Kier molecular flexibility index (Phi) is 4.49. The molecule has 0 bridgehead atoms. The minimum absolute atomic E-state index is 0.147. The molecule has 3 atom stereocenters. The Labute approximate surface area is 114 Å². The monoisotopic (exact) mass is 268 g/mol. The van der Waals surface area contributed by atoms with Gasteiger partial charge in [0.15, 0.2) is 0 Å². The minimum atomic E-state index is 0.147. The second kappa shape index (κ2) is 5.91. The van der Waals surface area contributed by atoms with Crippen molar-refractivity contribution in [1.29, 1.82) is 0 Å². The molecule has 1 heterocycles. The van der Waals surface area contributed by atoms with E-state index in [1.54, 1.807) is 0 Å². The summed E-state index contributed by atoms with van der Waals surface area (Å²) in [7, 11) is 0. The van der Waals surface area contributed by atoms with Gasteiger partial charge in [-0.2, -0.15) is 0 Å². The third-order valence-corrected chi connectivity index (χ3v) is 3.90. The molecule has 3 nitrogen and oxygen atoms in total. The van der Waals surface area contributed by atoms with Crippen LogP contribution >= 0.6 is 11.6 Å². The number of anilines is 1. The summed E-state index contributed by atoms with van der Waals surface area (Å²) in [5.41, 5.74) is 7.92. The first-order valence-corrected chi connectivity index (χ1v) is 6.86. The van der Waals surface area contributed by atoms with Crippen LogP contribution in [0.3, 0.4) is 0 Å². The van der Waals surface area contributed by atoms with Gasteiger partial charge in [0, 0.05) is 17.3 Å². The molecule has 1 aromatic carbocycles. The molecule has 1 aliphatic rings. The van der Waals surface area contributed by atoms with Gasteiger partial charge in [0.25, 0.3) is 0 Å². The summed E-state index contributed by atoms with van der Waals surface area (Å²) in [5, 5.41) is 4.20. The third-order valence-electron chi connectivity index (χ3n) is 3.49. The summed E-state index contributed by atoms with van der Waals surface area (Å²) >= 11 is 6.12. The van der Waals surface area contributed by atoms with Gasteiger partial charge < -0.3 is 15.8 Å². The van der Waals surface area contributed by atoms with Gasteiger partial charge in [0.05, 0.1) is 18.2 Å². The van der Waals surface area contributed by atoms with Crippen molar-refractivity contribution >= 4 is 17.3 Å². The van der Waals surface area contributed by atoms with E-state index in [0.717, 1.165) is 29.1 Å². The van der Waals surface area contributed by atoms with Crippen LogP contribution in [0.25, 0.3) is 0 Å². The zero-order valence-corrected chi connectivity index (χ0v) is 11.7. The first kappa shape index (κ1) is 13.7. The molecule has 3 N–H and O–H groups in total. The van der Waals surface area contributed by atoms with Crippen LogP contribution in [0.2, 0.25) is 5.02 Å². The molecule has 3 unspecified atom stereocenters. The fourth-order valence-corrected chi connectivity index (χ4v) is 2.51. The average Bonchev–Trinajstić information content (AvgIpc) is 2.77. The highest BCUT2D eigenvalue weighted by Gasteiger charge is 2.28. The summed E-state index contributed by atoms with van der Waals surface area (Å²) < 4.78 is 5.86.